The van der Waals surface area contributed by atoms with Gasteiger partial charge in [-0.25, -0.2) is 13.8 Å². The smallest absolute Gasteiger partial charge is 0.306 e. The molecule has 6 heteroatoms. The van der Waals surface area contributed by atoms with Crippen LogP contribution < -0.4 is 11.2 Å². The van der Waals surface area contributed by atoms with E-state index in [0.717, 1.165) is 10.6 Å². The highest BCUT2D eigenvalue weighted by Crippen LogP contribution is 2.13. The number of halogens is 1. The number of nitrogens with one attached hydrogen (secondary N) is 1. The molecule has 0 saturated heterocycles. The van der Waals surface area contributed by atoms with E-state index in [4.69, 9.17) is 0 Å². The highest BCUT2D eigenvalue weighted by Gasteiger charge is 2.10. The molecule has 18 heavy (non-hydrogen) atoms. The number of hydrogen-bond donors (Lipinski definition) is 1. The van der Waals surface area contributed by atoms with E-state index >= 15 is 0 Å². The highest BCUT2D eigenvalue weighted by molar-refractivity contribution is 7.12. The molecule has 2 heterocycles. The van der Waals surface area contributed by atoms with E-state index in [9.17, 15) is 14.0 Å². The summed E-state index contributed by atoms with van der Waals surface area (Å²) < 4.78 is 14.1. The molecular formula is C12H7FN2O2S. The van der Waals surface area contributed by atoms with Crippen LogP contribution in [0.25, 0.3) is 15.9 Å². The lowest BCUT2D eigenvalue weighted by atomic mass is 10.2. The summed E-state index contributed by atoms with van der Waals surface area (Å²) >= 11 is 1.28. The zero-order valence-electron chi connectivity index (χ0n) is 9.01. The Bertz CT molecular complexity index is 833. The molecular weight excluding hydrogens is 255 g/mol. The molecule has 0 bridgehead atoms. The summed E-state index contributed by atoms with van der Waals surface area (Å²) in [5.41, 5.74) is -0.811. The van der Waals surface area contributed by atoms with Crippen molar-refractivity contribution in [3.05, 3.63) is 62.4 Å². The number of thiophene rings is 1. The second-order valence-corrected chi connectivity index (χ2v) is 4.64. The zero-order chi connectivity index (χ0) is 12.7. The quantitative estimate of drug-likeness (QED) is 0.728. The Labute approximate surface area is 104 Å². The summed E-state index contributed by atoms with van der Waals surface area (Å²) in [5, 5.41) is 2.59. The lowest BCUT2D eigenvalue weighted by Crippen LogP contribution is -2.33. The molecule has 1 aromatic carbocycles. The fourth-order valence-electron chi connectivity index (χ4n) is 1.79. The van der Waals surface area contributed by atoms with Gasteiger partial charge in [0, 0.05) is 0 Å². The van der Waals surface area contributed by atoms with Gasteiger partial charge in [0.15, 0.2) is 0 Å². The normalized spacial score (nSPS) is 10.9. The SMILES string of the molecule is O=c1[nH]c2cc(F)ccc2c(=O)n1-c1cccs1. The molecule has 0 saturated carbocycles. The van der Waals surface area contributed by atoms with Crippen molar-refractivity contribution < 1.29 is 4.39 Å². The van der Waals surface area contributed by atoms with Gasteiger partial charge in [-0.05, 0) is 35.7 Å². The molecule has 4 nitrogen and oxygen atoms in total. The molecule has 90 valence electrons. The van der Waals surface area contributed by atoms with Crippen LogP contribution in [0.15, 0.2) is 45.3 Å². The van der Waals surface area contributed by atoms with Gasteiger partial charge in [-0.2, -0.15) is 0 Å². The summed E-state index contributed by atoms with van der Waals surface area (Å²) in [4.78, 5) is 26.5. The van der Waals surface area contributed by atoms with E-state index in [1.54, 1.807) is 17.5 Å². The lowest BCUT2D eigenvalue weighted by Gasteiger charge is -2.03. The van der Waals surface area contributed by atoms with Gasteiger partial charge in [0.1, 0.15) is 10.8 Å². The van der Waals surface area contributed by atoms with Gasteiger partial charge in [-0.15, -0.1) is 11.3 Å². The molecule has 2 aromatic heterocycles. The first-order valence-electron chi connectivity index (χ1n) is 5.15. The van der Waals surface area contributed by atoms with Gasteiger partial charge >= 0.3 is 5.69 Å². The average molecular weight is 262 g/mol. The van der Waals surface area contributed by atoms with E-state index in [2.05, 4.69) is 4.98 Å². The standard InChI is InChI=1S/C12H7FN2O2S/c13-7-3-4-8-9(6-7)14-12(17)15(11(8)16)10-2-1-5-18-10/h1-6H,(H,14,17). The predicted molar refractivity (Wildman–Crippen MR) is 68.0 cm³/mol. The monoisotopic (exact) mass is 262 g/mol. The summed E-state index contributed by atoms with van der Waals surface area (Å²) in [5.74, 6) is -0.494. The lowest BCUT2D eigenvalue weighted by molar-refractivity contribution is 0.629. The molecule has 0 aliphatic carbocycles. The Morgan fingerprint density at radius 2 is 2.06 bits per heavy atom. The number of benzene rings is 1. The molecule has 0 unspecified atom stereocenters. The number of hydrogen-bond acceptors (Lipinski definition) is 3. The van der Waals surface area contributed by atoms with Crippen LogP contribution in [-0.2, 0) is 0 Å². The molecule has 0 atom stereocenters. The van der Waals surface area contributed by atoms with Crippen molar-refractivity contribution in [3.63, 3.8) is 0 Å². The third-order valence-corrected chi connectivity index (χ3v) is 3.44. The first-order chi connectivity index (χ1) is 8.66. The number of H-pyrrole nitrogens is 1. The predicted octanol–water partition coefficient (Wildman–Crippen LogP) is 1.88. The summed E-state index contributed by atoms with van der Waals surface area (Å²) in [7, 11) is 0. The minimum absolute atomic E-state index is 0.206. The van der Waals surface area contributed by atoms with Gasteiger partial charge in [0.2, 0.25) is 0 Å². The molecule has 0 aliphatic heterocycles. The van der Waals surface area contributed by atoms with E-state index in [1.165, 1.54) is 23.5 Å². The zero-order valence-corrected chi connectivity index (χ0v) is 9.83. The minimum atomic E-state index is -0.569. The van der Waals surface area contributed by atoms with Crippen LogP contribution in [0.4, 0.5) is 4.39 Å². The topological polar surface area (TPSA) is 54.9 Å². The van der Waals surface area contributed by atoms with Crippen molar-refractivity contribution in [2.45, 2.75) is 0 Å². The summed E-state index contributed by atoms with van der Waals surface area (Å²) in [6.07, 6.45) is 0. The molecule has 1 N–H and O–H groups in total. The van der Waals surface area contributed by atoms with Crippen molar-refractivity contribution in [2.75, 3.05) is 0 Å². The van der Waals surface area contributed by atoms with Gasteiger partial charge in [-0.3, -0.25) is 4.79 Å². The summed E-state index contributed by atoms with van der Waals surface area (Å²) in [6.45, 7) is 0. The van der Waals surface area contributed by atoms with E-state index in [-0.39, 0.29) is 10.9 Å². The van der Waals surface area contributed by atoms with Crippen LogP contribution in [0.2, 0.25) is 0 Å². The van der Waals surface area contributed by atoms with E-state index < -0.39 is 17.1 Å². The van der Waals surface area contributed by atoms with Gasteiger partial charge in [-0.1, -0.05) is 0 Å². The number of fused-ring (bicyclic) bond motifs is 1. The maximum absolute atomic E-state index is 13.0. The first-order valence-corrected chi connectivity index (χ1v) is 6.03. The molecule has 0 radical (unpaired) electrons. The molecule has 3 aromatic rings. The van der Waals surface area contributed by atoms with E-state index in [1.807, 2.05) is 0 Å². The third kappa shape index (κ3) is 1.58. The maximum atomic E-state index is 13.0. The fourth-order valence-corrected chi connectivity index (χ4v) is 2.51. The maximum Gasteiger partial charge on any atom is 0.334 e. The van der Waals surface area contributed by atoms with Gasteiger partial charge in [0.05, 0.1) is 10.9 Å². The Hall–Kier alpha value is -2.21. The van der Waals surface area contributed by atoms with Gasteiger partial charge < -0.3 is 4.98 Å². The van der Waals surface area contributed by atoms with Gasteiger partial charge in [0.25, 0.3) is 5.56 Å². The van der Waals surface area contributed by atoms with Crippen LogP contribution in [0.1, 0.15) is 0 Å². The second kappa shape index (κ2) is 3.92. The van der Waals surface area contributed by atoms with Crippen LogP contribution in [0, 0.1) is 5.82 Å². The Morgan fingerprint density at radius 1 is 1.22 bits per heavy atom. The molecule has 0 fully saturated rings. The Balaban J connectivity index is 2.46. The second-order valence-electron chi connectivity index (χ2n) is 3.71. The van der Waals surface area contributed by atoms with Crippen molar-refractivity contribution in [2.24, 2.45) is 0 Å². The molecule has 3 rings (SSSR count). The summed E-state index contributed by atoms with van der Waals surface area (Å²) in [6, 6.07) is 7.13. The molecule has 0 amide bonds. The van der Waals surface area contributed by atoms with Crippen LogP contribution in [-0.4, -0.2) is 9.55 Å². The Morgan fingerprint density at radius 3 is 2.78 bits per heavy atom. The van der Waals surface area contributed by atoms with Crippen molar-refractivity contribution in [1.29, 1.82) is 0 Å². The first kappa shape index (κ1) is 10.9. The Kier molecular flexibility index (Phi) is 2.38. The largest absolute Gasteiger partial charge is 0.334 e. The number of aromatic nitrogens is 2. The van der Waals surface area contributed by atoms with Crippen molar-refractivity contribution >= 4 is 22.2 Å². The number of nitrogens with zero attached hydrogens (tertiary/aromatic N) is 1. The minimum Gasteiger partial charge on any atom is -0.306 e. The third-order valence-electron chi connectivity index (χ3n) is 2.59. The van der Waals surface area contributed by atoms with Crippen LogP contribution >= 0.6 is 11.3 Å². The van der Waals surface area contributed by atoms with Crippen molar-refractivity contribution in [3.8, 4) is 5.00 Å². The van der Waals surface area contributed by atoms with Crippen LogP contribution in [0.3, 0.4) is 0 Å². The van der Waals surface area contributed by atoms with Crippen molar-refractivity contribution in [1.82, 2.24) is 9.55 Å². The highest BCUT2D eigenvalue weighted by atomic mass is 32.1. The average Bonchev–Trinajstić information content (AvgIpc) is 2.82. The number of aromatic amines is 1. The molecule has 0 aliphatic rings. The van der Waals surface area contributed by atoms with E-state index in [0.29, 0.717) is 5.00 Å². The molecule has 0 spiro atoms. The fraction of sp³-hybridized carbons (Fsp3) is 0. The van der Waals surface area contributed by atoms with Crippen LogP contribution in [0.5, 0.6) is 0 Å². The number of rotatable bonds is 1.